The Bertz CT molecular complexity index is 376. The Balaban J connectivity index is 2.42. The number of likely N-dealkylation sites (N-methyl/N-ethyl adjacent to an activating group) is 1. The summed E-state index contributed by atoms with van der Waals surface area (Å²) in [5.41, 5.74) is -0.220. The molecule has 0 aliphatic carbocycles. The lowest BCUT2D eigenvalue weighted by Gasteiger charge is -2.26. The molecule has 18 heavy (non-hydrogen) atoms. The Kier molecular flexibility index (Phi) is 5.31. The molecule has 0 radical (unpaired) electrons. The highest BCUT2D eigenvalue weighted by Crippen LogP contribution is 2.08. The molecule has 0 saturated heterocycles. The van der Waals surface area contributed by atoms with E-state index in [9.17, 15) is 9.90 Å². The van der Waals surface area contributed by atoms with E-state index in [-0.39, 0.29) is 6.54 Å². The number of aliphatic hydroxyl groups is 1. The van der Waals surface area contributed by atoms with Crippen LogP contribution in [0, 0.1) is 0 Å². The van der Waals surface area contributed by atoms with Crippen LogP contribution in [0.4, 0.5) is 0 Å². The van der Waals surface area contributed by atoms with Crippen LogP contribution in [0.3, 0.4) is 0 Å². The molecule has 0 saturated carbocycles. The van der Waals surface area contributed by atoms with Gasteiger partial charge in [0, 0.05) is 13.1 Å². The van der Waals surface area contributed by atoms with E-state index in [0.717, 1.165) is 13.0 Å². The van der Waals surface area contributed by atoms with Gasteiger partial charge < -0.3 is 14.7 Å². The van der Waals surface area contributed by atoms with Gasteiger partial charge in [-0.25, -0.2) is 4.79 Å². The maximum Gasteiger partial charge on any atom is 0.338 e. The molecule has 1 unspecified atom stereocenters. The van der Waals surface area contributed by atoms with Crippen LogP contribution in [0.25, 0.3) is 0 Å². The Morgan fingerprint density at radius 2 is 2.00 bits per heavy atom. The van der Waals surface area contributed by atoms with Crippen LogP contribution >= 0.6 is 0 Å². The third-order valence-electron chi connectivity index (χ3n) is 2.83. The molecule has 4 heteroatoms. The zero-order valence-electron chi connectivity index (χ0n) is 11.2. The second-order valence-electron chi connectivity index (χ2n) is 4.74. The fourth-order valence-electron chi connectivity index (χ4n) is 1.85. The van der Waals surface area contributed by atoms with Crippen molar-refractivity contribution >= 4 is 5.97 Å². The first-order valence-corrected chi connectivity index (χ1v) is 5.99. The lowest BCUT2D eigenvalue weighted by molar-refractivity contribution is -0.161. The molecule has 0 spiro atoms. The minimum Gasteiger partial charge on any atom is -0.467 e. The normalized spacial score (nSPS) is 14.3. The highest BCUT2D eigenvalue weighted by atomic mass is 16.5. The molecule has 1 aromatic carbocycles. The third kappa shape index (κ3) is 4.47. The maximum absolute atomic E-state index is 11.3. The van der Waals surface area contributed by atoms with Gasteiger partial charge in [-0.3, -0.25) is 0 Å². The van der Waals surface area contributed by atoms with Gasteiger partial charge in [0.2, 0.25) is 0 Å². The Labute approximate surface area is 108 Å². The number of rotatable bonds is 6. The van der Waals surface area contributed by atoms with Crippen molar-refractivity contribution in [3.8, 4) is 0 Å². The quantitative estimate of drug-likeness (QED) is 0.769. The first-order chi connectivity index (χ1) is 8.45. The molecule has 0 aromatic heterocycles. The van der Waals surface area contributed by atoms with E-state index >= 15 is 0 Å². The van der Waals surface area contributed by atoms with Crippen molar-refractivity contribution in [2.45, 2.75) is 18.9 Å². The summed E-state index contributed by atoms with van der Waals surface area (Å²) >= 11 is 0. The highest BCUT2D eigenvalue weighted by Gasteiger charge is 2.32. The fourth-order valence-corrected chi connectivity index (χ4v) is 1.85. The summed E-state index contributed by atoms with van der Waals surface area (Å²) < 4.78 is 4.56. The monoisotopic (exact) mass is 251 g/mol. The van der Waals surface area contributed by atoms with E-state index < -0.39 is 11.6 Å². The molecule has 1 rings (SSSR count). The van der Waals surface area contributed by atoms with Gasteiger partial charge in [0.1, 0.15) is 0 Å². The van der Waals surface area contributed by atoms with Crippen LogP contribution in [0.1, 0.15) is 12.5 Å². The molecular formula is C14H21NO3. The van der Waals surface area contributed by atoms with Crippen molar-refractivity contribution in [1.29, 1.82) is 0 Å². The number of benzene rings is 1. The van der Waals surface area contributed by atoms with Gasteiger partial charge in [0.05, 0.1) is 7.11 Å². The van der Waals surface area contributed by atoms with E-state index in [1.54, 1.807) is 0 Å². The standard InChI is InChI=1S/C14H21NO3/c1-14(17,13(16)18-3)11-15(2)10-9-12-7-5-4-6-8-12/h4-8,17H,9-11H2,1-3H3. The summed E-state index contributed by atoms with van der Waals surface area (Å²) in [6.07, 6.45) is 0.884. The van der Waals surface area contributed by atoms with Crippen LogP contribution in [0.2, 0.25) is 0 Å². The predicted molar refractivity (Wildman–Crippen MR) is 70.3 cm³/mol. The molecule has 1 atom stereocenters. The van der Waals surface area contributed by atoms with Gasteiger partial charge in [-0.15, -0.1) is 0 Å². The smallest absolute Gasteiger partial charge is 0.338 e. The van der Waals surface area contributed by atoms with Crippen molar-refractivity contribution < 1.29 is 14.6 Å². The summed E-state index contributed by atoms with van der Waals surface area (Å²) in [7, 11) is 3.15. The second-order valence-corrected chi connectivity index (χ2v) is 4.74. The zero-order valence-corrected chi connectivity index (χ0v) is 11.2. The number of hydrogen-bond acceptors (Lipinski definition) is 4. The van der Waals surface area contributed by atoms with Crippen LogP contribution in [-0.2, 0) is 16.0 Å². The van der Waals surface area contributed by atoms with Gasteiger partial charge >= 0.3 is 5.97 Å². The minimum absolute atomic E-state index is 0.256. The van der Waals surface area contributed by atoms with E-state index in [0.29, 0.717) is 0 Å². The molecule has 0 bridgehead atoms. The topological polar surface area (TPSA) is 49.8 Å². The van der Waals surface area contributed by atoms with Gasteiger partial charge in [0.25, 0.3) is 0 Å². The van der Waals surface area contributed by atoms with Gasteiger partial charge in [-0.1, -0.05) is 30.3 Å². The number of carbonyl (C=O) groups is 1. The maximum atomic E-state index is 11.3. The summed E-state index contributed by atoms with van der Waals surface area (Å²) in [6.45, 7) is 2.50. The first kappa shape index (κ1) is 14.7. The molecule has 1 N–H and O–H groups in total. The number of ether oxygens (including phenoxy) is 1. The number of esters is 1. The fraction of sp³-hybridized carbons (Fsp3) is 0.500. The molecule has 0 aliphatic rings. The van der Waals surface area contributed by atoms with Crippen molar-refractivity contribution in [1.82, 2.24) is 4.90 Å². The van der Waals surface area contributed by atoms with Crippen molar-refractivity contribution in [2.24, 2.45) is 0 Å². The predicted octanol–water partition coefficient (Wildman–Crippen LogP) is 1.08. The molecular weight excluding hydrogens is 230 g/mol. The summed E-state index contributed by atoms with van der Waals surface area (Å²) in [5.74, 6) is -0.603. The zero-order chi connectivity index (χ0) is 13.6. The summed E-state index contributed by atoms with van der Waals surface area (Å²) in [6, 6.07) is 10.1. The van der Waals surface area contributed by atoms with Gasteiger partial charge in [-0.2, -0.15) is 0 Å². The second kappa shape index (κ2) is 6.52. The van der Waals surface area contributed by atoms with E-state index in [1.807, 2.05) is 30.1 Å². The number of hydrogen-bond donors (Lipinski definition) is 1. The molecule has 0 heterocycles. The third-order valence-corrected chi connectivity index (χ3v) is 2.83. The SMILES string of the molecule is COC(=O)C(C)(O)CN(C)CCc1ccccc1. The van der Waals surface area contributed by atoms with Crippen LogP contribution in [0.5, 0.6) is 0 Å². The van der Waals surface area contributed by atoms with Crippen molar-refractivity contribution in [3.63, 3.8) is 0 Å². The number of carbonyl (C=O) groups excluding carboxylic acids is 1. The largest absolute Gasteiger partial charge is 0.467 e. The lowest BCUT2D eigenvalue weighted by atomic mass is 10.1. The Hall–Kier alpha value is -1.39. The van der Waals surface area contributed by atoms with Gasteiger partial charge in [-0.05, 0) is 26.0 Å². The van der Waals surface area contributed by atoms with Crippen LogP contribution in [-0.4, -0.2) is 48.8 Å². The molecule has 4 nitrogen and oxygen atoms in total. The highest BCUT2D eigenvalue weighted by molar-refractivity contribution is 5.78. The summed E-state index contributed by atoms with van der Waals surface area (Å²) in [4.78, 5) is 13.3. The molecule has 100 valence electrons. The lowest BCUT2D eigenvalue weighted by Crippen LogP contribution is -2.46. The molecule has 1 aromatic rings. The van der Waals surface area contributed by atoms with Crippen molar-refractivity contribution in [2.75, 3.05) is 27.2 Å². The van der Waals surface area contributed by atoms with Crippen LogP contribution < -0.4 is 0 Å². The van der Waals surface area contributed by atoms with E-state index in [4.69, 9.17) is 0 Å². The summed E-state index contributed by atoms with van der Waals surface area (Å²) in [5, 5.41) is 9.93. The minimum atomic E-state index is -1.46. The van der Waals surface area contributed by atoms with E-state index in [1.165, 1.54) is 19.6 Å². The average Bonchev–Trinajstić information content (AvgIpc) is 2.36. The molecule has 0 aliphatic heterocycles. The average molecular weight is 251 g/mol. The number of methoxy groups -OCH3 is 1. The van der Waals surface area contributed by atoms with Crippen LogP contribution in [0.15, 0.2) is 30.3 Å². The van der Waals surface area contributed by atoms with Crippen molar-refractivity contribution in [3.05, 3.63) is 35.9 Å². The first-order valence-electron chi connectivity index (χ1n) is 5.99. The van der Waals surface area contributed by atoms with Gasteiger partial charge in [0.15, 0.2) is 5.60 Å². The number of nitrogens with zero attached hydrogens (tertiary/aromatic N) is 1. The molecule has 0 fully saturated rings. The van der Waals surface area contributed by atoms with E-state index in [2.05, 4.69) is 16.9 Å². The molecule has 0 amide bonds. The Morgan fingerprint density at radius 3 is 2.56 bits per heavy atom. The Morgan fingerprint density at radius 1 is 1.39 bits per heavy atom.